The quantitative estimate of drug-likeness (QED) is 0.725. The fourth-order valence-electron chi connectivity index (χ4n) is 1.45. The molecule has 17 heavy (non-hydrogen) atoms. The number of hydrogen-bond acceptors (Lipinski definition) is 3. The van der Waals surface area contributed by atoms with Crippen LogP contribution in [0.5, 0.6) is 0 Å². The van der Waals surface area contributed by atoms with Gasteiger partial charge in [0.1, 0.15) is 0 Å². The Bertz CT molecular complexity index is 387. The van der Waals surface area contributed by atoms with Crippen LogP contribution in [-0.4, -0.2) is 17.6 Å². The van der Waals surface area contributed by atoms with Gasteiger partial charge in [0.05, 0.1) is 12.0 Å². The van der Waals surface area contributed by atoms with Crippen molar-refractivity contribution in [3.05, 3.63) is 29.8 Å². The molecule has 0 heterocycles. The molecule has 0 fully saturated rings. The van der Waals surface area contributed by atoms with Crippen LogP contribution in [0, 0.1) is 5.41 Å². The van der Waals surface area contributed by atoms with E-state index in [0.29, 0.717) is 24.2 Å². The summed E-state index contributed by atoms with van der Waals surface area (Å²) in [5.74, 6) is -0.108. The number of rotatable bonds is 5. The van der Waals surface area contributed by atoms with E-state index in [0.717, 1.165) is 0 Å². The molecule has 4 nitrogen and oxygen atoms in total. The zero-order valence-corrected chi connectivity index (χ0v) is 10.4. The number of aliphatic hydroxyl groups is 1. The number of nitrogens with two attached hydrogens (primary N) is 1. The van der Waals surface area contributed by atoms with Crippen LogP contribution in [-0.2, 0) is 11.4 Å². The fourth-order valence-corrected chi connectivity index (χ4v) is 1.45. The molecular formula is C13H20N2O2. The number of amides is 1. The van der Waals surface area contributed by atoms with E-state index < -0.39 is 5.41 Å². The maximum atomic E-state index is 12.1. The van der Waals surface area contributed by atoms with Crippen molar-refractivity contribution in [3.63, 3.8) is 0 Å². The highest BCUT2D eigenvalue weighted by Crippen LogP contribution is 2.23. The summed E-state index contributed by atoms with van der Waals surface area (Å²) in [5, 5.41) is 12.0. The van der Waals surface area contributed by atoms with Crippen LogP contribution >= 0.6 is 0 Å². The highest BCUT2D eigenvalue weighted by atomic mass is 16.3. The Balaban J connectivity index is 2.87. The van der Waals surface area contributed by atoms with E-state index in [-0.39, 0.29) is 12.5 Å². The Labute approximate surface area is 102 Å². The third-order valence-electron chi connectivity index (χ3n) is 3.21. The van der Waals surface area contributed by atoms with Crippen molar-refractivity contribution in [2.24, 2.45) is 11.1 Å². The van der Waals surface area contributed by atoms with Crippen molar-refractivity contribution in [2.75, 3.05) is 11.9 Å². The first-order valence-electron chi connectivity index (χ1n) is 5.77. The van der Waals surface area contributed by atoms with Crippen LogP contribution < -0.4 is 11.1 Å². The standard InChI is InChI=1S/C13H20N2O2/c1-3-13(2,9-14)12(17)15-11-7-5-4-6-10(11)8-16/h4-7,16H,3,8-9,14H2,1-2H3,(H,15,17). The van der Waals surface area contributed by atoms with Crippen LogP contribution in [0.3, 0.4) is 0 Å². The van der Waals surface area contributed by atoms with Gasteiger partial charge >= 0.3 is 0 Å². The van der Waals surface area contributed by atoms with Gasteiger partial charge in [-0.2, -0.15) is 0 Å². The van der Waals surface area contributed by atoms with Gasteiger partial charge in [0.25, 0.3) is 0 Å². The first kappa shape index (κ1) is 13.7. The molecule has 0 aromatic heterocycles. The van der Waals surface area contributed by atoms with Crippen molar-refractivity contribution in [2.45, 2.75) is 26.9 Å². The van der Waals surface area contributed by atoms with Gasteiger partial charge in [0, 0.05) is 17.8 Å². The van der Waals surface area contributed by atoms with Crippen LogP contribution in [0.25, 0.3) is 0 Å². The molecule has 1 atom stereocenters. The van der Waals surface area contributed by atoms with Gasteiger partial charge in [0.15, 0.2) is 0 Å². The molecule has 0 radical (unpaired) electrons. The minimum absolute atomic E-state index is 0.0953. The maximum Gasteiger partial charge on any atom is 0.231 e. The summed E-state index contributed by atoms with van der Waals surface area (Å²) >= 11 is 0. The van der Waals surface area contributed by atoms with E-state index >= 15 is 0 Å². The third kappa shape index (κ3) is 3.05. The Kier molecular flexibility index (Phi) is 4.66. The van der Waals surface area contributed by atoms with Crippen LogP contribution in [0.2, 0.25) is 0 Å². The average Bonchev–Trinajstić information content (AvgIpc) is 2.38. The van der Waals surface area contributed by atoms with Crippen molar-refractivity contribution in [1.82, 2.24) is 0 Å². The first-order valence-corrected chi connectivity index (χ1v) is 5.77. The highest BCUT2D eigenvalue weighted by molar-refractivity contribution is 5.95. The van der Waals surface area contributed by atoms with E-state index in [4.69, 9.17) is 5.73 Å². The van der Waals surface area contributed by atoms with Crippen LogP contribution in [0.15, 0.2) is 24.3 Å². The van der Waals surface area contributed by atoms with Crippen LogP contribution in [0.4, 0.5) is 5.69 Å². The van der Waals surface area contributed by atoms with Gasteiger partial charge in [-0.25, -0.2) is 0 Å². The number of anilines is 1. The minimum Gasteiger partial charge on any atom is -0.392 e. The third-order valence-corrected chi connectivity index (χ3v) is 3.21. The molecule has 1 rings (SSSR count). The molecular weight excluding hydrogens is 216 g/mol. The molecule has 1 aromatic rings. The molecule has 1 aromatic carbocycles. The molecule has 1 amide bonds. The number of para-hydroxylation sites is 1. The molecule has 0 bridgehead atoms. The maximum absolute atomic E-state index is 12.1. The van der Waals surface area contributed by atoms with E-state index in [1.807, 2.05) is 26.0 Å². The Morgan fingerprint density at radius 3 is 2.65 bits per heavy atom. The Hall–Kier alpha value is -1.39. The van der Waals surface area contributed by atoms with Gasteiger partial charge in [-0.15, -0.1) is 0 Å². The number of hydrogen-bond donors (Lipinski definition) is 3. The van der Waals surface area contributed by atoms with Gasteiger partial charge in [0.2, 0.25) is 5.91 Å². The molecule has 0 saturated carbocycles. The molecule has 0 saturated heterocycles. The van der Waals surface area contributed by atoms with Crippen molar-refractivity contribution in [1.29, 1.82) is 0 Å². The largest absolute Gasteiger partial charge is 0.392 e. The van der Waals surface area contributed by atoms with E-state index in [1.54, 1.807) is 12.1 Å². The SMILES string of the molecule is CCC(C)(CN)C(=O)Nc1ccccc1CO. The molecule has 0 spiro atoms. The molecule has 0 aliphatic rings. The molecule has 94 valence electrons. The molecule has 0 aliphatic carbocycles. The number of carbonyl (C=O) groups is 1. The van der Waals surface area contributed by atoms with Crippen LogP contribution in [0.1, 0.15) is 25.8 Å². The Morgan fingerprint density at radius 2 is 2.12 bits per heavy atom. The first-order chi connectivity index (χ1) is 8.07. The number of aliphatic hydroxyl groups excluding tert-OH is 1. The zero-order valence-electron chi connectivity index (χ0n) is 10.4. The highest BCUT2D eigenvalue weighted by Gasteiger charge is 2.29. The van der Waals surface area contributed by atoms with E-state index in [1.165, 1.54) is 0 Å². The minimum atomic E-state index is -0.567. The fraction of sp³-hybridized carbons (Fsp3) is 0.462. The summed E-state index contributed by atoms with van der Waals surface area (Å²) < 4.78 is 0. The topological polar surface area (TPSA) is 75.4 Å². The van der Waals surface area contributed by atoms with Gasteiger partial charge in [-0.3, -0.25) is 4.79 Å². The van der Waals surface area contributed by atoms with Crippen molar-refractivity contribution < 1.29 is 9.90 Å². The molecule has 0 aliphatic heterocycles. The van der Waals surface area contributed by atoms with E-state index in [9.17, 15) is 9.90 Å². The number of carbonyl (C=O) groups excluding carboxylic acids is 1. The lowest BCUT2D eigenvalue weighted by atomic mass is 9.86. The van der Waals surface area contributed by atoms with Crippen molar-refractivity contribution in [3.8, 4) is 0 Å². The van der Waals surface area contributed by atoms with Gasteiger partial charge < -0.3 is 16.2 Å². The van der Waals surface area contributed by atoms with E-state index in [2.05, 4.69) is 5.32 Å². The molecule has 1 unspecified atom stereocenters. The smallest absolute Gasteiger partial charge is 0.231 e. The second kappa shape index (κ2) is 5.80. The lowest BCUT2D eigenvalue weighted by Gasteiger charge is -2.25. The number of benzene rings is 1. The molecule has 4 heteroatoms. The summed E-state index contributed by atoms with van der Waals surface area (Å²) in [4.78, 5) is 12.1. The monoisotopic (exact) mass is 236 g/mol. The second-order valence-electron chi connectivity index (χ2n) is 4.39. The number of nitrogens with one attached hydrogen (secondary N) is 1. The predicted octanol–water partition coefficient (Wildman–Crippen LogP) is 1.49. The summed E-state index contributed by atoms with van der Waals surface area (Å²) in [6, 6.07) is 7.20. The lowest BCUT2D eigenvalue weighted by molar-refractivity contribution is -0.124. The van der Waals surface area contributed by atoms with Crippen molar-refractivity contribution >= 4 is 11.6 Å². The lowest BCUT2D eigenvalue weighted by Crippen LogP contribution is -2.39. The second-order valence-corrected chi connectivity index (χ2v) is 4.39. The van der Waals surface area contributed by atoms with Gasteiger partial charge in [-0.1, -0.05) is 25.1 Å². The summed E-state index contributed by atoms with van der Waals surface area (Å²) in [6.45, 7) is 3.98. The summed E-state index contributed by atoms with van der Waals surface area (Å²) in [7, 11) is 0. The average molecular weight is 236 g/mol. The predicted molar refractivity (Wildman–Crippen MR) is 68.4 cm³/mol. The molecule has 4 N–H and O–H groups in total. The Morgan fingerprint density at radius 1 is 1.47 bits per heavy atom. The van der Waals surface area contributed by atoms with Gasteiger partial charge in [-0.05, 0) is 19.4 Å². The zero-order chi connectivity index (χ0) is 12.9. The summed E-state index contributed by atoms with van der Waals surface area (Å²) in [5.41, 5.74) is 6.42. The normalized spacial score (nSPS) is 14.1. The summed E-state index contributed by atoms with van der Waals surface area (Å²) in [6.07, 6.45) is 0.677.